The monoisotopic (exact) mass is 309 g/mol. The molecule has 0 atom stereocenters. The molecule has 0 aliphatic rings. The van der Waals surface area contributed by atoms with Crippen LogP contribution in [0.25, 0.3) is 0 Å². The van der Waals surface area contributed by atoms with Gasteiger partial charge in [0.2, 0.25) is 5.91 Å². The van der Waals surface area contributed by atoms with Gasteiger partial charge >= 0.3 is 0 Å². The van der Waals surface area contributed by atoms with E-state index in [1.54, 1.807) is 38.5 Å². The average molecular weight is 309 g/mol. The lowest BCUT2D eigenvalue weighted by Crippen LogP contribution is -2.32. The van der Waals surface area contributed by atoms with Crippen molar-refractivity contribution in [3.63, 3.8) is 0 Å². The topological polar surface area (TPSA) is 88.7 Å². The molecule has 0 aromatic heterocycles. The molecule has 22 heavy (non-hydrogen) atoms. The lowest BCUT2D eigenvalue weighted by atomic mass is 10.2. The molecule has 0 radical (unpaired) electrons. The summed E-state index contributed by atoms with van der Waals surface area (Å²) in [5, 5.41) is 8.43. The van der Waals surface area contributed by atoms with Crippen LogP contribution < -0.4 is 16.0 Å². The maximum Gasteiger partial charge on any atom is 0.251 e. The van der Waals surface area contributed by atoms with Gasteiger partial charge in [-0.2, -0.15) is 0 Å². The van der Waals surface area contributed by atoms with Crippen LogP contribution in [0.5, 0.6) is 0 Å². The fourth-order valence-electron chi connectivity index (χ4n) is 1.65. The first-order chi connectivity index (χ1) is 10.7. The number of anilines is 1. The summed E-state index contributed by atoms with van der Waals surface area (Å²) in [5.41, 5.74) is 1.33. The van der Waals surface area contributed by atoms with Crippen molar-refractivity contribution >= 4 is 17.5 Å². The van der Waals surface area contributed by atoms with Gasteiger partial charge in [0.05, 0.1) is 19.8 Å². The first-order valence-corrected chi connectivity index (χ1v) is 7.04. The van der Waals surface area contributed by atoms with Crippen LogP contribution in [-0.2, 0) is 14.3 Å². The smallest absolute Gasteiger partial charge is 0.251 e. The highest BCUT2D eigenvalue weighted by atomic mass is 16.5. The van der Waals surface area contributed by atoms with Crippen LogP contribution in [0.1, 0.15) is 10.4 Å². The van der Waals surface area contributed by atoms with E-state index in [0.29, 0.717) is 31.9 Å². The summed E-state index contributed by atoms with van der Waals surface area (Å²) < 4.78 is 9.71. The molecular weight excluding hydrogens is 286 g/mol. The third kappa shape index (κ3) is 7.05. The Morgan fingerprint density at radius 1 is 0.955 bits per heavy atom. The highest BCUT2D eigenvalue weighted by Gasteiger charge is 2.05. The second-order valence-electron chi connectivity index (χ2n) is 4.52. The normalized spacial score (nSPS) is 10.1. The van der Waals surface area contributed by atoms with Crippen LogP contribution in [0, 0.1) is 0 Å². The zero-order chi connectivity index (χ0) is 16.2. The van der Waals surface area contributed by atoms with E-state index in [-0.39, 0.29) is 18.4 Å². The molecule has 0 aliphatic carbocycles. The molecule has 0 saturated carbocycles. The van der Waals surface area contributed by atoms with Gasteiger partial charge in [0, 0.05) is 38.6 Å². The summed E-state index contributed by atoms with van der Waals surface area (Å²) in [4.78, 5) is 23.3. The third-order valence-electron chi connectivity index (χ3n) is 2.82. The van der Waals surface area contributed by atoms with E-state index >= 15 is 0 Å². The Morgan fingerprint density at radius 3 is 2.14 bits per heavy atom. The molecular formula is C15H23N3O4. The lowest BCUT2D eigenvalue weighted by molar-refractivity contribution is -0.119. The Hall–Kier alpha value is -2.12. The molecule has 1 aromatic carbocycles. The summed E-state index contributed by atoms with van der Waals surface area (Å²) in [6.45, 7) is 2.08. The largest absolute Gasteiger partial charge is 0.383 e. The number of hydrogen-bond donors (Lipinski definition) is 3. The van der Waals surface area contributed by atoms with E-state index in [9.17, 15) is 9.59 Å². The standard InChI is InChI=1S/C15H23N3O4/c1-21-9-7-16-14(19)11-18-13-5-3-12(4-6-13)15(20)17-8-10-22-2/h3-6,18H,7-11H2,1-2H3,(H,16,19)(H,17,20). The lowest BCUT2D eigenvalue weighted by Gasteiger charge is -2.08. The van der Waals surface area contributed by atoms with Gasteiger partial charge in [0.15, 0.2) is 0 Å². The molecule has 1 aromatic rings. The predicted octanol–water partition coefficient (Wildman–Crippen LogP) is 0.237. The van der Waals surface area contributed by atoms with E-state index in [4.69, 9.17) is 9.47 Å². The van der Waals surface area contributed by atoms with Crippen molar-refractivity contribution in [2.45, 2.75) is 0 Å². The summed E-state index contributed by atoms with van der Waals surface area (Å²) in [7, 11) is 3.16. The number of nitrogens with one attached hydrogen (secondary N) is 3. The van der Waals surface area contributed by atoms with Crippen LogP contribution >= 0.6 is 0 Å². The number of methoxy groups -OCH3 is 2. The Balaban J connectivity index is 2.35. The van der Waals surface area contributed by atoms with Gasteiger partial charge in [-0.05, 0) is 24.3 Å². The molecule has 0 unspecified atom stereocenters. The maximum absolute atomic E-state index is 11.8. The number of hydrogen-bond acceptors (Lipinski definition) is 5. The van der Waals surface area contributed by atoms with Gasteiger partial charge < -0.3 is 25.4 Å². The third-order valence-corrected chi connectivity index (χ3v) is 2.82. The number of benzene rings is 1. The molecule has 0 aliphatic heterocycles. The molecule has 1 rings (SSSR count). The summed E-state index contributed by atoms with van der Waals surface area (Å²) >= 11 is 0. The molecule has 2 amide bonds. The molecule has 3 N–H and O–H groups in total. The Morgan fingerprint density at radius 2 is 1.55 bits per heavy atom. The molecule has 7 heteroatoms. The molecule has 0 spiro atoms. The van der Waals surface area contributed by atoms with Crippen molar-refractivity contribution in [2.24, 2.45) is 0 Å². The van der Waals surface area contributed by atoms with E-state index < -0.39 is 0 Å². The minimum Gasteiger partial charge on any atom is -0.383 e. The SMILES string of the molecule is COCCNC(=O)CNc1ccc(C(=O)NCCOC)cc1. The van der Waals surface area contributed by atoms with Crippen molar-refractivity contribution in [3.05, 3.63) is 29.8 Å². The summed E-state index contributed by atoms with van der Waals surface area (Å²) in [6.07, 6.45) is 0. The Bertz CT molecular complexity index is 462. The summed E-state index contributed by atoms with van der Waals surface area (Å²) in [6, 6.07) is 6.92. The van der Waals surface area contributed by atoms with Crippen molar-refractivity contribution < 1.29 is 19.1 Å². The van der Waals surface area contributed by atoms with Gasteiger partial charge in [-0.3, -0.25) is 9.59 Å². The van der Waals surface area contributed by atoms with Crippen LogP contribution in [-0.4, -0.2) is 58.9 Å². The number of carbonyl (C=O) groups excluding carboxylic acids is 2. The van der Waals surface area contributed by atoms with Crippen LogP contribution in [0.15, 0.2) is 24.3 Å². The fraction of sp³-hybridized carbons (Fsp3) is 0.467. The minimum absolute atomic E-state index is 0.113. The molecule has 0 fully saturated rings. The maximum atomic E-state index is 11.8. The molecule has 0 bridgehead atoms. The van der Waals surface area contributed by atoms with E-state index in [1.807, 2.05) is 0 Å². The predicted molar refractivity (Wildman–Crippen MR) is 84.0 cm³/mol. The van der Waals surface area contributed by atoms with E-state index in [2.05, 4.69) is 16.0 Å². The molecule has 0 heterocycles. The van der Waals surface area contributed by atoms with Crippen LogP contribution in [0.3, 0.4) is 0 Å². The zero-order valence-corrected chi connectivity index (χ0v) is 13.0. The number of amides is 2. The average Bonchev–Trinajstić information content (AvgIpc) is 2.54. The van der Waals surface area contributed by atoms with Gasteiger partial charge in [0.1, 0.15) is 0 Å². The minimum atomic E-state index is -0.152. The van der Waals surface area contributed by atoms with Crippen LogP contribution in [0.2, 0.25) is 0 Å². The Labute approximate surface area is 130 Å². The number of ether oxygens (including phenoxy) is 2. The molecule has 0 saturated heterocycles. The highest BCUT2D eigenvalue weighted by Crippen LogP contribution is 2.09. The molecule has 122 valence electrons. The number of rotatable bonds is 10. The van der Waals surface area contributed by atoms with Gasteiger partial charge in [0.25, 0.3) is 5.91 Å². The quantitative estimate of drug-likeness (QED) is 0.539. The zero-order valence-electron chi connectivity index (χ0n) is 13.0. The van der Waals surface area contributed by atoms with E-state index in [0.717, 1.165) is 5.69 Å². The second kappa shape index (κ2) is 10.6. The van der Waals surface area contributed by atoms with Crippen molar-refractivity contribution in [1.82, 2.24) is 10.6 Å². The van der Waals surface area contributed by atoms with Crippen LogP contribution in [0.4, 0.5) is 5.69 Å². The van der Waals surface area contributed by atoms with Crippen molar-refractivity contribution in [3.8, 4) is 0 Å². The fourth-order valence-corrected chi connectivity index (χ4v) is 1.65. The highest BCUT2D eigenvalue weighted by molar-refractivity contribution is 5.94. The number of carbonyl (C=O) groups is 2. The van der Waals surface area contributed by atoms with Gasteiger partial charge in [-0.15, -0.1) is 0 Å². The first kappa shape index (κ1) is 17.9. The second-order valence-corrected chi connectivity index (χ2v) is 4.52. The van der Waals surface area contributed by atoms with E-state index in [1.165, 1.54) is 0 Å². The van der Waals surface area contributed by atoms with Gasteiger partial charge in [-0.1, -0.05) is 0 Å². The molecule has 7 nitrogen and oxygen atoms in total. The first-order valence-electron chi connectivity index (χ1n) is 7.04. The van der Waals surface area contributed by atoms with Crippen molar-refractivity contribution in [2.75, 3.05) is 52.4 Å². The van der Waals surface area contributed by atoms with Crippen molar-refractivity contribution in [1.29, 1.82) is 0 Å². The van der Waals surface area contributed by atoms with Gasteiger partial charge in [-0.25, -0.2) is 0 Å². The summed E-state index contributed by atoms with van der Waals surface area (Å²) in [5.74, 6) is -0.264. The Kier molecular flexibility index (Phi) is 8.63.